The number of anilines is 2. The highest BCUT2D eigenvalue weighted by Crippen LogP contribution is 2.32. The lowest BCUT2D eigenvalue weighted by Crippen LogP contribution is -2.54. The van der Waals surface area contributed by atoms with E-state index in [1.807, 2.05) is 0 Å². The first-order valence-corrected chi connectivity index (χ1v) is 12.1. The van der Waals surface area contributed by atoms with Crippen molar-refractivity contribution in [3.63, 3.8) is 0 Å². The van der Waals surface area contributed by atoms with Crippen LogP contribution in [-0.2, 0) is 14.3 Å². The number of halogens is 1. The van der Waals surface area contributed by atoms with Crippen LogP contribution in [0.15, 0.2) is 42.5 Å². The summed E-state index contributed by atoms with van der Waals surface area (Å²) in [4.78, 5) is 39.6. The van der Waals surface area contributed by atoms with Crippen LogP contribution in [0.2, 0.25) is 0 Å². The van der Waals surface area contributed by atoms with Crippen molar-refractivity contribution in [1.82, 2.24) is 10.2 Å². The molecular formula is C26H31FN4O6. The Morgan fingerprint density at radius 3 is 2.68 bits per heavy atom. The largest absolute Gasteiger partial charge is 0.490 e. The third-order valence-corrected chi connectivity index (χ3v) is 6.39. The van der Waals surface area contributed by atoms with Gasteiger partial charge in [-0.25, -0.2) is 9.18 Å². The molecule has 4 rings (SSSR count). The monoisotopic (exact) mass is 514 g/mol. The molecule has 2 aliphatic rings. The fourth-order valence-corrected chi connectivity index (χ4v) is 4.54. The fraction of sp³-hybridized carbons (Fsp3) is 0.423. The van der Waals surface area contributed by atoms with Crippen LogP contribution >= 0.6 is 0 Å². The minimum Gasteiger partial charge on any atom is -0.490 e. The van der Waals surface area contributed by atoms with Gasteiger partial charge in [0.05, 0.1) is 30.7 Å². The van der Waals surface area contributed by atoms with Crippen LogP contribution in [0.3, 0.4) is 0 Å². The van der Waals surface area contributed by atoms with Gasteiger partial charge in [-0.2, -0.15) is 0 Å². The van der Waals surface area contributed by atoms with Crippen molar-refractivity contribution >= 4 is 29.2 Å². The number of amides is 4. The van der Waals surface area contributed by atoms with Gasteiger partial charge in [-0.05, 0) is 49.2 Å². The standard InChI is InChI=1S/C26H31FN4O6/c1-31-21-8-7-19(14-24(32)28-10-11-35-2)37-23(21)15-36-22-9-6-18(13-20(22)25(31)33)30-26(34)29-17-5-3-4-16(27)12-17/h3-6,9,12-13,19,21,23H,7-8,10-11,14-15H2,1-2H3,(H,28,32)(H2,29,30,34)/t19-,21+,23-/m1/s1. The van der Waals surface area contributed by atoms with Gasteiger partial charge in [-0.1, -0.05) is 6.07 Å². The third-order valence-electron chi connectivity index (χ3n) is 6.39. The second-order valence-corrected chi connectivity index (χ2v) is 9.02. The van der Waals surface area contributed by atoms with Crippen LogP contribution < -0.4 is 20.7 Å². The molecule has 3 N–H and O–H groups in total. The summed E-state index contributed by atoms with van der Waals surface area (Å²) in [6.45, 7) is 1.09. The summed E-state index contributed by atoms with van der Waals surface area (Å²) in [5, 5.41) is 8.01. The Hall–Kier alpha value is -3.70. The highest BCUT2D eigenvalue weighted by Gasteiger charge is 2.39. The first-order chi connectivity index (χ1) is 17.8. The van der Waals surface area contributed by atoms with Gasteiger partial charge < -0.3 is 35.1 Å². The van der Waals surface area contributed by atoms with Crippen LogP contribution in [0, 0.1) is 5.82 Å². The lowest BCUT2D eigenvalue weighted by molar-refractivity contribution is -0.134. The predicted octanol–water partition coefficient (Wildman–Crippen LogP) is 3.00. The van der Waals surface area contributed by atoms with E-state index in [1.54, 1.807) is 43.3 Å². The minimum atomic E-state index is -0.573. The maximum atomic E-state index is 13.4. The molecule has 0 spiro atoms. The molecule has 10 nitrogen and oxygen atoms in total. The summed E-state index contributed by atoms with van der Waals surface area (Å²) in [5.74, 6) is -0.470. The number of urea groups is 1. The number of carbonyl (C=O) groups excluding carboxylic acids is 3. The average molecular weight is 515 g/mol. The molecular weight excluding hydrogens is 483 g/mol. The van der Waals surface area contributed by atoms with Crippen LogP contribution in [0.1, 0.15) is 29.6 Å². The van der Waals surface area contributed by atoms with E-state index in [-0.39, 0.29) is 43.1 Å². The summed E-state index contributed by atoms with van der Waals surface area (Å²) in [5.41, 5.74) is 0.996. The Balaban J connectivity index is 1.40. The number of hydrogen-bond donors (Lipinski definition) is 3. The van der Waals surface area contributed by atoms with E-state index in [9.17, 15) is 18.8 Å². The molecule has 1 saturated heterocycles. The third kappa shape index (κ3) is 6.75. The highest BCUT2D eigenvalue weighted by atomic mass is 19.1. The number of hydrogen-bond acceptors (Lipinski definition) is 6. The Morgan fingerprint density at radius 1 is 1.14 bits per heavy atom. The van der Waals surface area contributed by atoms with Gasteiger partial charge in [-0.15, -0.1) is 0 Å². The molecule has 2 heterocycles. The maximum Gasteiger partial charge on any atom is 0.323 e. The van der Waals surface area contributed by atoms with Gasteiger partial charge in [0.1, 0.15) is 24.3 Å². The Labute approximate surface area is 214 Å². The predicted molar refractivity (Wildman–Crippen MR) is 134 cm³/mol. The van der Waals surface area contributed by atoms with E-state index >= 15 is 0 Å². The number of ether oxygens (including phenoxy) is 3. The zero-order chi connectivity index (χ0) is 26.4. The number of carbonyl (C=O) groups is 3. The van der Waals surface area contributed by atoms with E-state index in [1.165, 1.54) is 18.2 Å². The van der Waals surface area contributed by atoms with E-state index in [2.05, 4.69) is 16.0 Å². The van der Waals surface area contributed by atoms with Crippen molar-refractivity contribution in [1.29, 1.82) is 0 Å². The Bertz CT molecular complexity index is 1150. The Morgan fingerprint density at radius 2 is 1.92 bits per heavy atom. The molecule has 2 aromatic carbocycles. The number of methoxy groups -OCH3 is 1. The average Bonchev–Trinajstić information content (AvgIpc) is 2.86. The number of nitrogens with one attached hydrogen (secondary N) is 3. The summed E-state index contributed by atoms with van der Waals surface area (Å²) in [6.07, 6.45) is 0.870. The quantitative estimate of drug-likeness (QED) is 0.489. The molecule has 4 amide bonds. The number of benzene rings is 2. The number of rotatable bonds is 7. The second-order valence-electron chi connectivity index (χ2n) is 9.02. The van der Waals surface area contributed by atoms with Gasteiger partial charge in [0.15, 0.2) is 0 Å². The van der Waals surface area contributed by atoms with Gasteiger partial charge in [0.2, 0.25) is 5.91 Å². The molecule has 0 radical (unpaired) electrons. The molecule has 0 bridgehead atoms. The molecule has 0 aliphatic carbocycles. The lowest BCUT2D eigenvalue weighted by atomic mass is 9.94. The number of likely N-dealkylation sites (N-methyl/N-ethyl adjacent to an activating group) is 1. The van der Waals surface area contributed by atoms with Gasteiger partial charge in [-0.3, -0.25) is 9.59 Å². The molecule has 1 fully saturated rings. The SMILES string of the molecule is COCCNC(=O)C[C@H]1CC[C@H]2[C@@H](COc3ccc(NC(=O)Nc4cccc(F)c4)cc3C(=O)N2C)O1. The van der Waals surface area contributed by atoms with Crippen molar-refractivity contribution < 1.29 is 33.0 Å². The minimum absolute atomic E-state index is 0.108. The van der Waals surface area contributed by atoms with Crippen LogP contribution in [0.25, 0.3) is 0 Å². The molecule has 198 valence electrons. The van der Waals surface area contributed by atoms with E-state index < -0.39 is 11.8 Å². The van der Waals surface area contributed by atoms with Crippen molar-refractivity contribution in [3.8, 4) is 5.75 Å². The molecule has 11 heteroatoms. The first-order valence-electron chi connectivity index (χ1n) is 12.1. The molecule has 2 aliphatic heterocycles. The highest BCUT2D eigenvalue weighted by molar-refractivity contribution is 6.02. The molecule has 3 atom stereocenters. The van der Waals surface area contributed by atoms with Gasteiger partial charge >= 0.3 is 6.03 Å². The zero-order valence-corrected chi connectivity index (χ0v) is 20.8. The smallest absolute Gasteiger partial charge is 0.323 e. The molecule has 0 unspecified atom stereocenters. The van der Waals surface area contributed by atoms with Crippen LogP contribution in [0.5, 0.6) is 5.75 Å². The number of fused-ring (bicyclic) bond motifs is 2. The van der Waals surface area contributed by atoms with Crippen molar-refractivity contribution in [2.24, 2.45) is 0 Å². The van der Waals surface area contributed by atoms with Gasteiger partial charge in [0.25, 0.3) is 5.91 Å². The normalized spacial score (nSPS) is 21.0. The summed E-state index contributed by atoms with van der Waals surface area (Å²) >= 11 is 0. The summed E-state index contributed by atoms with van der Waals surface area (Å²) in [6, 6.07) is 9.53. The molecule has 2 aromatic rings. The van der Waals surface area contributed by atoms with Crippen molar-refractivity contribution in [2.75, 3.05) is 44.5 Å². The van der Waals surface area contributed by atoms with Crippen molar-refractivity contribution in [2.45, 2.75) is 37.5 Å². The first kappa shape index (κ1) is 26.4. The van der Waals surface area contributed by atoms with Gasteiger partial charge in [0, 0.05) is 32.1 Å². The number of nitrogens with zero attached hydrogens (tertiary/aromatic N) is 1. The van der Waals surface area contributed by atoms with E-state index in [4.69, 9.17) is 14.2 Å². The van der Waals surface area contributed by atoms with E-state index in [0.29, 0.717) is 48.7 Å². The lowest BCUT2D eigenvalue weighted by Gasteiger charge is -2.42. The Kier molecular flexibility index (Phi) is 8.57. The zero-order valence-electron chi connectivity index (χ0n) is 20.8. The van der Waals surface area contributed by atoms with Crippen LogP contribution in [-0.4, -0.2) is 74.9 Å². The fourth-order valence-electron chi connectivity index (χ4n) is 4.54. The summed E-state index contributed by atoms with van der Waals surface area (Å²) < 4.78 is 30.5. The second kappa shape index (κ2) is 12.0. The topological polar surface area (TPSA) is 118 Å². The molecule has 0 aromatic heterocycles. The van der Waals surface area contributed by atoms with Crippen LogP contribution in [0.4, 0.5) is 20.6 Å². The maximum absolute atomic E-state index is 13.4. The van der Waals surface area contributed by atoms with Crippen molar-refractivity contribution in [3.05, 3.63) is 53.8 Å². The molecule has 37 heavy (non-hydrogen) atoms. The summed E-state index contributed by atoms with van der Waals surface area (Å²) in [7, 11) is 3.29. The van der Waals surface area contributed by atoms with E-state index in [0.717, 1.165) is 0 Å². The molecule has 0 saturated carbocycles.